The number of benzene rings is 1. The monoisotopic (exact) mass is 270 g/mol. The molecule has 1 fully saturated rings. The Morgan fingerprint density at radius 2 is 1.74 bits per heavy atom. The maximum atomic E-state index is 13.9. The first-order valence-corrected chi connectivity index (χ1v) is 6.83. The largest absolute Gasteiger partial charge is 0.390 e. The van der Waals surface area contributed by atoms with E-state index in [1.54, 1.807) is 0 Å². The minimum absolute atomic E-state index is 0.0805. The second kappa shape index (κ2) is 5.97. The summed E-state index contributed by atoms with van der Waals surface area (Å²) < 4.78 is 27.6. The maximum Gasteiger partial charge on any atom is 0.134 e. The quantitative estimate of drug-likeness (QED) is 0.885. The van der Waals surface area contributed by atoms with Gasteiger partial charge in [0.1, 0.15) is 17.7 Å². The van der Waals surface area contributed by atoms with Gasteiger partial charge in [-0.15, -0.1) is 0 Å². The molecule has 0 bridgehead atoms. The lowest BCUT2D eigenvalue weighted by atomic mass is 9.81. The molecule has 2 nitrogen and oxygen atoms in total. The molecule has 0 aliphatic heterocycles. The SMILES string of the molecule is Cc1ccc(F)c(C(O)C(O)C2CCCCC2)c1F. The molecule has 1 aliphatic rings. The summed E-state index contributed by atoms with van der Waals surface area (Å²) in [6.07, 6.45) is 2.10. The molecule has 106 valence electrons. The van der Waals surface area contributed by atoms with Crippen LogP contribution >= 0.6 is 0 Å². The highest BCUT2D eigenvalue weighted by molar-refractivity contribution is 5.29. The third kappa shape index (κ3) is 2.95. The number of aliphatic hydroxyl groups is 2. The first kappa shape index (κ1) is 14.4. The number of aliphatic hydroxyl groups excluding tert-OH is 2. The summed E-state index contributed by atoms with van der Waals surface area (Å²) in [5, 5.41) is 20.2. The number of rotatable bonds is 3. The van der Waals surface area contributed by atoms with Crippen molar-refractivity contribution in [2.45, 2.75) is 51.2 Å². The Bertz CT molecular complexity index is 442. The molecule has 1 aromatic carbocycles. The first-order chi connectivity index (χ1) is 9.02. The van der Waals surface area contributed by atoms with Crippen LogP contribution in [0.15, 0.2) is 12.1 Å². The summed E-state index contributed by atoms with van der Waals surface area (Å²) in [7, 11) is 0. The van der Waals surface area contributed by atoms with E-state index in [2.05, 4.69) is 0 Å². The number of hydrogen-bond donors (Lipinski definition) is 2. The number of aryl methyl sites for hydroxylation is 1. The predicted molar refractivity (Wildman–Crippen MR) is 68.6 cm³/mol. The lowest BCUT2D eigenvalue weighted by molar-refractivity contribution is -0.0317. The summed E-state index contributed by atoms with van der Waals surface area (Å²) in [4.78, 5) is 0. The Hall–Kier alpha value is -1.00. The van der Waals surface area contributed by atoms with Crippen LogP contribution in [0, 0.1) is 24.5 Å². The fourth-order valence-corrected chi connectivity index (χ4v) is 2.85. The molecule has 0 saturated heterocycles. The van der Waals surface area contributed by atoms with Gasteiger partial charge in [0.2, 0.25) is 0 Å². The van der Waals surface area contributed by atoms with Crippen molar-refractivity contribution in [3.05, 3.63) is 34.9 Å². The van der Waals surface area contributed by atoms with E-state index in [1.807, 2.05) is 0 Å². The van der Waals surface area contributed by atoms with E-state index in [-0.39, 0.29) is 11.5 Å². The number of hydrogen-bond acceptors (Lipinski definition) is 2. The highest BCUT2D eigenvalue weighted by atomic mass is 19.1. The van der Waals surface area contributed by atoms with Gasteiger partial charge in [0.25, 0.3) is 0 Å². The molecule has 2 rings (SSSR count). The van der Waals surface area contributed by atoms with Crippen molar-refractivity contribution in [3.63, 3.8) is 0 Å². The summed E-state index contributed by atoms with van der Waals surface area (Å²) in [5.74, 6) is -1.64. The van der Waals surface area contributed by atoms with Gasteiger partial charge in [-0.1, -0.05) is 25.3 Å². The Labute approximate surface area is 112 Å². The highest BCUT2D eigenvalue weighted by Gasteiger charge is 2.32. The third-order valence-electron chi connectivity index (χ3n) is 4.07. The predicted octanol–water partition coefficient (Wildman–Crippen LogP) is 3.25. The van der Waals surface area contributed by atoms with Crippen molar-refractivity contribution in [1.29, 1.82) is 0 Å². The van der Waals surface area contributed by atoms with Crippen LogP contribution in [0.3, 0.4) is 0 Å². The minimum Gasteiger partial charge on any atom is -0.390 e. The normalized spacial score (nSPS) is 20.3. The van der Waals surface area contributed by atoms with E-state index in [0.717, 1.165) is 38.2 Å². The summed E-state index contributed by atoms with van der Waals surface area (Å²) in [5.41, 5.74) is -0.135. The van der Waals surface area contributed by atoms with Crippen LogP contribution in [0.25, 0.3) is 0 Å². The highest BCUT2D eigenvalue weighted by Crippen LogP contribution is 2.34. The fraction of sp³-hybridized carbons (Fsp3) is 0.600. The molecule has 19 heavy (non-hydrogen) atoms. The van der Waals surface area contributed by atoms with E-state index in [4.69, 9.17) is 0 Å². The second-order valence-corrected chi connectivity index (χ2v) is 5.43. The lowest BCUT2D eigenvalue weighted by Gasteiger charge is -2.30. The molecule has 0 radical (unpaired) electrons. The van der Waals surface area contributed by atoms with Crippen LogP contribution in [0.4, 0.5) is 8.78 Å². The van der Waals surface area contributed by atoms with Gasteiger partial charge in [0, 0.05) is 0 Å². The second-order valence-electron chi connectivity index (χ2n) is 5.43. The van der Waals surface area contributed by atoms with Gasteiger partial charge >= 0.3 is 0 Å². The molecule has 2 N–H and O–H groups in total. The van der Waals surface area contributed by atoms with E-state index >= 15 is 0 Å². The van der Waals surface area contributed by atoms with Crippen molar-refractivity contribution in [2.24, 2.45) is 5.92 Å². The maximum absolute atomic E-state index is 13.9. The van der Waals surface area contributed by atoms with Gasteiger partial charge in [-0.3, -0.25) is 0 Å². The van der Waals surface area contributed by atoms with E-state index in [0.29, 0.717) is 0 Å². The average Bonchev–Trinajstić information content (AvgIpc) is 2.43. The van der Waals surface area contributed by atoms with Gasteiger partial charge in [-0.05, 0) is 37.3 Å². The molecule has 0 amide bonds. The molecule has 2 atom stereocenters. The van der Waals surface area contributed by atoms with Gasteiger partial charge in [-0.25, -0.2) is 8.78 Å². The zero-order chi connectivity index (χ0) is 14.0. The molecule has 1 aromatic rings. The number of halogens is 2. The van der Waals surface area contributed by atoms with Gasteiger partial charge in [0.15, 0.2) is 0 Å². The Morgan fingerprint density at radius 1 is 1.11 bits per heavy atom. The topological polar surface area (TPSA) is 40.5 Å². The molecule has 0 heterocycles. The first-order valence-electron chi connectivity index (χ1n) is 6.83. The van der Waals surface area contributed by atoms with Crippen LogP contribution in [0.1, 0.15) is 49.3 Å². The Balaban J connectivity index is 2.23. The summed E-state index contributed by atoms with van der Waals surface area (Å²) >= 11 is 0. The van der Waals surface area contributed by atoms with Crippen LogP contribution in [0.2, 0.25) is 0 Å². The standard InChI is InChI=1S/C15H20F2O2/c1-9-7-8-11(16)12(13(9)17)15(19)14(18)10-5-3-2-4-6-10/h7-8,10,14-15,18-19H,2-6H2,1H3. The molecule has 1 saturated carbocycles. The van der Waals surface area contributed by atoms with Crippen LogP contribution in [0.5, 0.6) is 0 Å². The molecule has 4 heteroatoms. The molecular formula is C15H20F2O2. The van der Waals surface area contributed by atoms with Gasteiger partial charge in [-0.2, -0.15) is 0 Å². The van der Waals surface area contributed by atoms with E-state index in [9.17, 15) is 19.0 Å². The zero-order valence-electron chi connectivity index (χ0n) is 11.1. The van der Waals surface area contributed by atoms with E-state index < -0.39 is 29.4 Å². The van der Waals surface area contributed by atoms with Crippen LogP contribution in [-0.4, -0.2) is 16.3 Å². The van der Waals surface area contributed by atoms with Crippen molar-refractivity contribution in [3.8, 4) is 0 Å². The van der Waals surface area contributed by atoms with Crippen LogP contribution < -0.4 is 0 Å². The van der Waals surface area contributed by atoms with E-state index in [1.165, 1.54) is 13.0 Å². The van der Waals surface area contributed by atoms with Crippen molar-refractivity contribution >= 4 is 0 Å². The molecule has 2 unspecified atom stereocenters. The average molecular weight is 270 g/mol. The Kier molecular flexibility index (Phi) is 4.53. The lowest BCUT2D eigenvalue weighted by Crippen LogP contribution is -2.30. The molecule has 1 aliphatic carbocycles. The smallest absolute Gasteiger partial charge is 0.134 e. The zero-order valence-corrected chi connectivity index (χ0v) is 11.1. The van der Waals surface area contributed by atoms with Crippen molar-refractivity contribution in [1.82, 2.24) is 0 Å². The van der Waals surface area contributed by atoms with Crippen molar-refractivity contribution < 1.29 is 19.0 Å². The Morgan fingerprint density at radius 3 is 2.37 bits per heavy atom. The minimum atomic E-state index is -1.50. The van der Waals surface area contributed by atoms with Gasteiger partial charge in [0.05, 0.1) is 11.7 Å². The van der Waals surface area contributed by atoms with Gasteiger partial charge < -0.3 is 10.2 Å². The fourth-order valence-electron chi connectivity index (χ4n) is 2.85. The summed E-state index contributed by atoms with van der Waals surface area (Å²) in [6, 6.07) is 2.46. The molecular weight excluding hydrogens is 250 g/mol. The third-order valence-corrected chi connectivity index (χ3v) is 4.07. The molecule has 0 spiro atoms. The molecule has 0 aromatic heterocycles. The summed E-state index contributed by atoms with van der Waals surface area (Å²) in [6.45, 7) is 1.51. The van der Waals surface area contributed by atoms with Crippen LogP contribution in [-0.2, 0) is 0 Å². The van der Waals surface area contributed by atoms with Crippen molar-refractivity contribution in [2.75, 3.05) is 0 Å².